The number of carbonyl (C=O) groups excluding carboxylic acids is 1. The largest absolute Gasteiger partial charge is 0.338 e. The van der Waals surface area contributed by atoms with Gasteiger partial charge in [0.15, 0.2) is 0 Å². The van der Waals surface area contributed by atoms with Gasteiger partial charge in [-0.3, -0.25) is 4.79 Å². The predicted octanol–water partition coefficient (Wildman–Crippen LogP) is 2.27. The van der Waals surface area contributed by atoms with E-state index in [-0.39, 0.29) is 18.3 Å². The second-order valence-corrected chi connectivity index (χ2v) is 7.08. The molecule has 4 nitrogen and oxygen atoms in total. The van der Waals surface area contributed by atoms with Crippen molar-refractivity contribution >= 4 is 18.3 Å². The molecule has 3 heterocycles. The lowest BCUT2D eigenvalue weighted by molar-refractivity contribution is 0.0317. The Morgan fingerprint density at radius 2 is 2.00 bits per heavy atom. The van der Waals surface area contributed by atoms with Crippen molar-refractivity contribution < 1.29 is 4.79 Å². The average Bonchev–Trinajstić information content (AvgIpc) is 3.01. The molecule has 1 aromatic rings. The van der Waals surface area contributed by atoms with Crippen LogP contribution in [0.4, 0.5) is 0 Å². The molecular formula is C18H26ClN3O. The number of piperidine rings is 2. The van der Waals surface area contributed by atoms with Crippen molar-refractivity contribution in [2.24, 2.45) is 5.92 Å². The van der Waals surface area contributed by atoms with E-state index < -0.39 is 0 Å². The van der Waals surface area contributed by atoms with Gasteiger partial charge < -0.3 is 15.1 Å². The van der Waals surface area contributed by atoms with E-state index in [1.807, 2.05) is 6.07 Å². The Morgan fingerprint density at radius 3 is 2.87 bits per heavy atom. The van der Waals surface area contributed by atoms with Crippen LogP contribution in [0.3, 0.4) is 0 Å². The average molecular weight is 336 g/mol. The Kier molecular flexibility index (Phi) is 4.95. The van der Waals surface area contributed by atoms with Crippen LogP contribution in [0.1, 0.15) is 40.7 Å². The van der Waals surface area contributed by atoms with Crippen molar-refractivity contribution in [2.75, 3.05) is 26.7 Å². The molecule has 126 valence electrons. The monoisotopic (exact) mass is 335 g/mol. The lowest BCUT2D eigenvalue weighted by atomic mass is 9.84. The van der Waals surface area contributed by atoms with Gasteiger partial charge in [-0.2, -0.15) is 0 Å². The number of halogens is 1. The van der Waals surface area contributed by atoms with Gasteiger partial charge in [-0.15, -0.1) is 12.4 Å². The summed E-state index contributed by atoms with van der Waals surface area (Å²) in [6.45, 7) is 4.88. The third-order valence-corrected chi connectivity index (χ3v) is 5.72. The third-order valence-electron chi connectivity index (χ3n) is 5.72. The van der Waals surface area contributed by atoms with E-state index in [1.165, 1.54) is 30.5 Å². The fourth-order valence-corrected chi connectivity index (χ4v) is 4.45. The second kappa shape index (κ2) is 6.80. The van der Waals surface area contributed by atoms with E-state index in [1.54, 1.807) is 0 Å². The molecular weight excluding hydrogens is 310 g/mol. The van der Waals surface area contributed by atoms with E-state index in [2.05, 4.69) is 34.3 Å². The summed E-state index contributed by atoms with van der Waals surface area (Å²) >= 11 is 0. The molecule has 4 rings (SSSR count). The summed E-state index contributed by atoms with van der Waals surface area (Å²) in [4.78, 5) is 17.4. The van der Waals surface area contributed by atoms with Crippen molar-refractivity contribution in [1.82, 2.24) is 15.1 Å². The van der Waals surface area contributed by atoms with Crippen LogP contribution in [-0.2, 0) is 13.1 Å². The number of hydrogen-bond acceptors (Lipinski definition) is 3. The molecule has 1 aromatic carbocycles. The molecule has 0 bridgehead atoms. The second-order valence-electron chi connectivity index (χ2n) is 7.08. The molecule has 0 saturated carbocycles. The molecule has 1 amide bonds. The first kappa shape index (κ1) is 16.7. The predicted molar refractivity (Wildman–Crippen MR) is 93.9 cm³/mol. The van der Waals surface area contributed by atoms with Crippen LogP contribution in [0, 0.1) is 5.92 Å². The first-order chi connectivity index (χ1) is 10.7. The number of hydrogen-bond donors (Lipinski definition) is 1. The van der Waals surface area contributed by atoms with Crippen LogP contribution in [0.15, 0.2) is 18.2 Å². The molecule has 2 saturated heterocycles. The maximum absolute atomic E-state index is 12.8. The summed E-state index contributed by atoms with van der Waals surface area (Å²) < 4.78 is 0. The maximum atomic E-state index is 12.8. The van der Waals surface area contributed by atoms with Crippen molar-refractivity contribution in [3.63, 3.8) is 0 Å². The van der Waals surface area contributed by atoms with Crippen molar-refractivity contribution in [3.8, 4) is 0 Å². The molecule has 0 aromatic heterocycles. The van der Waals surface area contributed by atoms with Gasteiger partial charge >= 0.3 is 0 Å². The number of benzene rings is 1. The Morgan fingerprint density at radius 1 is 1.17 bits per heavy atom. The summed E-state index contributed by atoms with van der Waals surface area (Å²) in [6, 6.07) is 6.90. The number of rotatable bonds is 1. The number of nitrogens with zero attached hydrogens (tertiary/aromatic N) is 2. The highest BCUT2D eigenvalue weighted by molar-refractivity contribution is 5.94. The minimum Gasteiger partial charge on any atom is -0.338 e. The first-order valence-corrected chi connectivity index (χ1v) is 8.54. The van der Waals surface area contributed by atoms with Gasteiger partial charge in [-0.05, 0) is 62.0 Å². The summed E-state index contributed by atoms with van der Waals surface area (Å²) in [7, 11) is 2.24. The zero-order valence-corrected chi connectivity index (χ0v) is 14.6. The standard InChI is InChI=1S/C18H25N3O.ClH/c1-20-7-2-3-15-12-21(8-6-17(15)20)18(22)13-4-5-14-10-19-11-16(14)9-13;/h4-5,9,15,17,19H,2-3,6-8,10-12H2,1H3;1H. The zero-order valence-electron chi connectivity index (χ0n) is 13.8. The lowest BCUT2D eigenvalue weighted by Gasteiger charge is -2.46. The molecule has 3 aliphatic rings. The lowest BCUT2D eigenvalue weighted by Crippen LogP contribution is -2.53. The highest BCUT2D eigenvalue weighted by Crippen LogP contribution is 2.30. The van der Waals surface area contributed by atoms with Gasteiger partial charge in [0.05, 0.1) is 0 Å². The highest BCUT2D eigenvalue weighted by Gasteiger charge is 2.36. The Hall–Kier alpha value is -1.10. The van der Waals surface area contributed by atoms with E-state index in [0.717, 1.165) is 38.2 Å². The smallest absolute Gasteiger partial charge is 0.253 e. The van der Waals surface area contributed by atoms with E-state index in [9.17, 15) is 4.79 Å². The molecule has 0 spiro atoms. The molecule has 5 heteroatoms. The van der Waals surface area contributed by atoms with Gasteiger partial charge in [-0.25, -0.2) is 0 Å². The van der Waals surface area contributed by atoms with Gasteiger partial charge in [0.2, 0.25) is 0 Å². The molecule has 2 atom stereocenters. The number of fused-ring (bicyclic) bond motifs is 2. The van der Waals surface area contributed by atoms with Crippen molar-refractivity contribution in [2.45, 2.75) is 38.4 Å². The van der Waals surface area contributed by atoms with Gasteiger partial charge in [0, 0.05) is 37.8 Å². The number of carbonyl (C=O) groups is 1. The van der Waals surface area contributed by atoms with Crippen LogP contribution in [-0.4, -0.2) is 48.4 Å². The minimum atomic E-state index is 0. The fraction of sp³-hybridized carbons (Fsp3) is 0.611. The van der Waals surface area contributed by atoms with Crippen molar-refractivity contribution in [1.29, 1.82) is 0 Å². The Balaban J connectivity index is 0.00000156. The molecule has 1 N–H and O–H groups in total. The summed E-state index contributed by atoms with van der Waals surface area (Å²) in [5, 5.41) is 3.35. The topological polar surface area (TPSA) is 35.6 Å². The van der Waals surface area contributed by atoms with Gasteiger partial charge in [0.25, 0.3) is 5.91 Å². The Labute approximate surface area is 144 Å². The van der Waals surface area contributed by atoms with Crippen LogP contribution in [0.2, 0.25) is 0 Å². The summed E-state index contributed by atoms with van der Waals surface area (Å²) in [5.41, 5.74) is 3.49. The quantitative estimate of drug-likeness (QED) is 0.855. The SMILES string of the molecule is CN1CCCC2CN(C(=O)c3ccc4c(c3)CNC4)CCC21.Cl. The third kappa shape index (κ3) is 3.12. The minimum absolute atomic E-state index is 0. The molecule has 23 heavy (non-hydrogen) atoms. The van der Waals surface area contributed by atoms with E-state index in [0.29, 0.717) is 12.0 Å². The number of amides is 1. The van der Waals surface area contributed by atoms with Crippen LogP contribution in [0.5, 0.6) is 0 Å². The van der Waals surface area contributed by atoms with Crippen LogP contribution < -0.4 is 5.32 Å². The molecule has 0 aliphatic carbocycles. The molecule has 3 aliphatic heterocycles. The Bertz CT molecular complexity index is 592. The van der Waals surface area contributed by atoms with Crippen molar-refractivity contribution in [3.05, 3.63) is 34.9 Å². The van der Waals surface area contributed by atoms with Crippen LogP contribution >= 0.6 is 12.4 Å². The zero-order chi connectivity index (χ0) is 15.1. The normalized spacial score (nSPS) is 27.1. The maximum Gasteiger partial charge on any atom is 0.253 e. The molecule has 2 unspecified atom stereocenters. The number of nitrogens with one attached hydrogen (secondary N) is 1. The fourth-order valence-electron chi connectivity index (χ4n) is 4.45. The molecule has 2 fully saturated rings. The molecule has 0 radical (unpaired) electrons. The number of likely N-dealkylation sites (tertiary alicyclic amines) is 2. The summed E-state index contributed by atoms with van der Waals surface area (Å²) in [6.07, 6.45) is 3.66. The van der Waals surface area contributed by atoms with Crippen LogP contribution in [0.25, 0.3) is 0 Å². The van der Waals surface area contributed by atoms with E-state index in [4.69, 9.17) is 0 Å². The first-order valence-electron chi connectivity index (χ1n) is 8.54. The van der Waals surface area contributed by atoms with E-state index >= 15 is 0 Å². The van der Waals surface area contributed by atoms with Gasteiger partial charge in [0.1, 0.15) is 0 Å². The highest BCUT2D eigenvalue weighted by atomic mass is 35.5. The van der Waals surface area contributed by atoms with Gasteiger partial charge in [-0.1, -0.05) is 6.07 Å². The summed E-state index contributed by atoms with van der Waals surface area (Å²) in [5.74, 6) is 0.883.